The summed E-state index contributed by atoms with van der Waals surface area (Å²) in [6.07, 6.45) is 1.74. The second-order valence-corrected chi connectivity index (χ2v) is 5.41. The summed E-state index contributed by atoms with van der Waals surface area (Å²) in [6.45, 7) is 0.540. The highest BCUT2D eigenvalue weighted by molar-refractivity contribution is 7.15. The Morgan fingerprint density at radius 3 is 2.74 bits per heavy atom. The number of nitrogens with one attached hydrogen (secondary N) is 1. The zero-order chi connectivity index (χ0) is 13.7. The van der Waals surface area contributed by atoms with Crippen LogP contribution >= 0.6 is 22.9 Å². The number of halogens is 1. The highest BCUT2D eigenvalue weighted by Crippen LogP contribution is 2.20. The molecule has 0 fully saturated rings. The number of primary amides is 1. The van der Waals surface area contributed by atoms with Crippen molar-refractivity contribution in [3.63, 3.8) is 0 Å². The number of rotatable bonds is 6. The van der Waals surface area contributed by atoms with Crippen molar-refractivity contribution in [3.8, 4) is 5.75 Å². The fourth-order valence-corrected chi connectivity index (χ4v) is 2.30. The minimum absolute atomic E-state index is 0.119. The number of amides is 1. The van der Waals surface area contributed by atoms with Crippen LogP contribution in [0.3, 0.4) is 0 Å². The molecule has 0 aliphatic heterocycles. The molecule has 0 aliphatic carbocycles. The van der Waals surface area contributed by atoms with E-state index in [0.29, 0.717) is 16.8 Å². The smallest absolute Gasteiger partial charge is 0.255 e. The zero-order valence-corrected chi connectivity index (χ0v) is 11.5. The summed E-state index contributed by atoms with van der Waals surface area (Å²) in [6, 6.07) is 7.26. The summed E-state index contributed by atoms with van der Waals surface area (Å²) in [7, 11) is 0. The zero-order valence-electron chi connectivity index (χ0n) is 9.93. The molecule has 2 rings (SSSR count). The lowest BCUT2D eigenvalue weighted by Crippen LogP contribution is -2.19. The molecule has 0 atom stereocenters. The van der Waals surface area contributed by atoms with Crippen molar-refractivity contribution in [1.29, 1.82) is 0 Å². The fraction of sp³-hybridized carbons (Fsp3) is 0.167. The van der Waals surface area contributed by atoms with Crippen LogP contribution in [0.2, 0.25) is 4.47 Å². The van der Waals surface area contributed by atoms with E-state index >= 15 is 0 Å². The first kappa shape index (κ1) is 13.6. The maximum Gasteiger partial charge on any atom is 0.255 e. The molecule has 1 aromatic carbocycles. The Balaban J connectivity index is 1.86. The first-order chi connectivity index (χ1) is 9.13. The molecule has 0 spiro atoms. The van der Waals surface area contributed by atoms with Gasteiger partial charge in [-0.2, -0.15) is 0 Å². The van der Waals surface area contributed by atoms with Gasteiger partial charge in [-0.05, 0) is 24.3 Å². The summed E-state index contributed by atoms with van der Waals surface area (Å²) < 4.78 is 5.70. The standard InChI is InChI=1S/C12H12ClN3O2S/c13-12-16-6-10(19-12)5-15-8-1-3-9(4-2-8)18-7-11(14)17/h1-4,6,15H,5,7H2,(H2,14,17). The van der Waals surface area contributed by atoms with E-state index in [0.717, 1.165) is 10.6 Å². The highest BCUT2D eigenvalue weighted by atomic mass is 35.5. The predicted octanol–water partition coefficient (Wildman–Crippen LogP) is 2.27. The van der Waals surface area contributed by atoms with Crippen LogP contribution in [0, 0.1) is 0 Å². The van der Waals surface area contributed by atoms with E-state index in [-0.39, 0.29) is 6.61 Å². The summed E-state index contributed by atoms with van der Waals surface area (Å²) in [5, 5.41) is 3.23. The summed E-state index contributed by atoms with van der Waals surface area (Å²) >= 11 is 7.19. The number of nitrogens with two attached hydrogens (primary N) is 1. The molecule has 19 heavy (non-hydrogen) atoms. The van der Waals surface area contributed by atoms with Gasteiger partial charge >= 0.3 is 0 Å². The highest BCUT2D eigenvalue weighted by Gasteiger charge is 2.01. The molecular weight excluding hydrogens is 286 g/mol. The fourth-order valence-electron chi connectivity index (χ4n) is 1.38. The van der Waals surface area contributed by atoms with Gasteiger partial charge in [0.05, 0.1) is 6.54 Å². The molecule has 0 unspecified atom stereocenters. The Morgan fingerprint density at radius 1 is 1.42 bits per heavy atom. The van der Waals surface area contributed by atoms with Gasteiger partial charge in [-0.25, -0.2) is 4.98 Å². The van der Waals surface area contributed by atoms with Crippen molar-refractivity contribution in [1.82, 2.24) is 4.98 Å². The molecular formula is C12H12ClN3O2S. The maximum atomic E-state index is 10.6. The predicted molar refractivity (Wildman–Crippen MR) is 75.6 cm³/mol. The number of nitrogens with zero attached hydrogens (tertiary/aromatic N) is 1. The molecule has 0 aliphatic rings. The van der Waals surface area contributed by atoms with Crippen LogP contribution in [0.5, 0.6) is 5.75 Å². The summed E-state index contributed by atoms with van der Waals surface area (Å²) in [5.41, 5.74) is 5.93. The monoisotopic (exact) mass is 297 g/mol. The van der Waals surface area contributed by atoms with Gasteiger partial charge in [-0.3, -0.25) is 4.79 Å². The van der Waals surface area contributed by atoms with Crippen LogP contribution in [0.15, 0.2) is 30.5 Å². The number of hydrogen-bond donors (Lipinski definition) is 2. The Labute approximate surface area is 119 Å². The van der Waals surface area contributed by atoms with Gasteiger partial charge in [0.15, 0.2) is 11.1 Å². The number of ether oxygens (including phenoxy) is 1. The number of thiazole rings is 1. The van der Waals surface area contributed by atoms with E-state index in [4.69, 9.17) is 22.1 Å². The molecule has 0 bridgehead atoms. The van der Waals surface area contributed by atoms with Crippen LogP contribution in [0.4, 0.5) is 5.69 Å². The van der Waals surface area contributed by atoms with Gasteiger partial charge in [0.2, 0.25) is 0 Å². The third-order valence-corrected chi connectivity index (χ3v) is 3.34. The SMILES string of the molecule is NC(=O)COc1ccc(NCc2cnc(Cl)s2)cc1. The van der Waals surface area contributed by atoms with E-state index in [1.54, 1.807) is 18.3 Å². The Hall–Kier alpha value is -1.79. The second kappa shape index (κ2) is 6.40. The molecule has 0 saturated heterocycles. The quantitative estimate of drug-likeness (QED) is 0.857. The normalized spacial score (nSPS) is 10.2. The van der Waals surface area contributed by atoms with Crippen LogP contribution in [0.25, 0.3) is 0 Å². The first-order valence-electron chi connectivity index (χ1n) is 5.49. The Morgan fingerprint density at radius 2 is 2.16 bits per heavy atom. The van der Waals surface area contributed by atoms with E-state index in [1.165, 1.54) is 11.3 Å². The van der Waals surface area contributed by atoms with Crippen molar-refractivity contribution in [2.45, 2.75) is 6.54 Å². The van der Waals surface area contributed by atoms with Crippen molar-refractivity contribution >= 4 is 34.5 Å². The lowest BCUT2D eigenvalue weighted by molar-refractivity contribution is -0.119. The second-order valence-electron chi connectivity index (χ2n) is 3.71. The molecule has 7 heteroatoms. The Bertz CT molecular complexity index is 556. The van der Waals surface area contributed by atoms with Crippen LogP contribution in [-0.4, -0.2) is 17.5 Å². The lowest BCUT2D eigenvalue weighted by atomic mass is 10.3. The largest absolute Gasteiger partial charge is 0.484 e. The molecule has 0 saturated carbocycles. The molecule has 0 radical (unpaired) electrons. The van der Waals surface area contributed by atoms with Gasteiger partial charge in [0.1, 0.15) is 5.75 Å². The lowest BCUT2D eigenvalue weighted by Gasteiger charge is -2.07. The first-order valence-corrected chi connectivity index (χ1v) is 6.68. The molecule has 1 heterocycles. The third-order valence-electron chi connectivity index (χ3n) is 2.23. The van der Waals surface area contributed by atoms with Crippen LogP contribution < -0.4 is 15.8 Å². The van der Waals surface area contributed by atoms with Gasteiger partial charge in [0.25, 0.3) is 5.91 Å². The van der Waals surface area contributed by atoms with Crippen LogP contribution in [-0.2, 0) is 11.3 Å². The average Bonchev–Trinajstić information content (AvgIpc) is 2.81. The van der Waals surface area contributed by atoms with E-state index < -0.39 is 5.91 Å². The molecule has 1 amide bonds. The molecule has 2 aromatic rings. The van der Waals surface area contributed by atoms with Gasteiger partial charge in [-0.1, -0.05) is 11.6 Å². The molecule has 100 valence electrons. The number of carbonyl (C=O) groups excluding carboxylic acids is 1. The molecule has 1 aromatic heterocycles. The maximum absolute atomic E-state index is 10.6. The minimum atomic E-state index is -0.496. The number of hydrogen-bond acceptors (Lipinski definition) is 5. The van der Waals surface area contributed by atoms with E-state index in [2.05, 4.69) is 10.3 Å². The van der Waals surface area contributed by atoms with Crippen molar-refractivity contribution in [2.75, 3.05) is 11.9 Å². The van der Waals surface area contributed by atoms with Gasteiger partial charge in [0, 0.05) is 16.8 Å². The van der Waals surface area contributed by atoms with Crippen molar-refractivity contribution in [3.05, 3.63) is 39.8 Å². The van der Waals surface area contributed by atoms with Crippen LogP contribution in [0.1, 0.15) is 4.88 Å². The number of carbonyl (C=O) groups is 1. The van der Waals surface area contributed by atoms with Crippen molar-refractivity contribution < 1.29 is 9.53 Å². The molecule has 5 nitrogen and oxygen atoms in total. The van der Waals surface area contributed by atoms with Gasteiger partial charge in [-0.15, -0.1) is 11.3 Å². The topological polar surface area (TPSA) is 77.2 Å². The number of anilines is 1. The summed E-state index contributed by atoms with van der Waals surface area (Å²) in [5.74, 6) is 0.106. The number of benzene rings is 1. The van der Waals surface area contributed by atoms with E-state index in [9.17, 15) is 4.79 Å². The number of aromatic nitrogens is 1. The molecule has 3 N–H and O–H groups in total. The van der Waals surface area contributed by atoms with Crippen molar-refractivity contribution in [2.24, 2.45) is 5.73 Å². The minimum Gasteiger partial charge on any atom is -0.484 e. The average molecular weight is 298 g/mol. The third kappa shape index (κ3) is 4.42. The van der Waals surface area contributed by atoms with E-state index in [1.807, 2.05) is 12.1 Å². The van der Waals surface area contributed by atoms with Gasteiger partial charge < -0.3 is 15.8 Å². The Kier molecular flexibility index (Phi) is 4.59. The summed E-state index contributed by atoms with van der Waals surface area (Å²) in [4.78, 5) is 15.6.